The first-order valence-corrected chi connectivity index (χ1v) is 3.23. The van der Waals surface area contributed by atoms with Crippen molar-refractivity contribution in [2.75, 3.05) is 6.54 Å². The molecule has 4 nitrogen and oxygen atoms in total. The van der Waals surface area contributed by atoms with Crippen LogP contribution in [0, 0.1) is 12.3 Å². The third-order valence-electron chi connectivity index (χ3n) is 1.73. The summed E-state index contributed by atoms with van der Waals surface area (Å²) in [6.45, 7) is 0.538. The van der Waals surface area contributed by atoms with Crippen LogP contribution in [0.3, 0.4) is 0 Å². The lowest BCUT2D eigenvalue weighted by Gasteiger charge is -2.37. The van der Waals surface area contributed by atoms with E-state index >= 15 is 0 Å². The smallest absolute Gasteiger partial charge is 0.298 e. The third-order valence-corrected chi connectivity index (χ3v) is 1.73. The summed E-state index contributed by atoms with van der Waals surface area (Å²) in [4.78, 5) is 22.7. The van der Waals surface area contributed by atoms with Crippen molar-refractivity contribution in [3.63, 3.8) is 0 Å². The van der Waals surface area contributed by atoms with E-state index in [-0.39, 0.29) is 0 Å². The number of terminal acetylenes is 1. The molecule has 1 heterocycles. The highest BCUT2D eigenvalue weighted by molar-refractivity contribution is 5.97. The van der Waals surface area contributed by atoms with E-state index in [1.54, 1.807) is 0 Å². The van der Waals surface area contributed by atoms with E-state index in [1.807, 2.05) is 5.92 Å². The van der Waals surface area contributed by atoms with Crippen LogP contribution in [0.2, 0.25) is 0 Å². The zero-order valence-electron chi connectivity index (χ0n) is 5.91. The van der Waals surface area contributed by atoms with Crippen LogP contribution >= 0.6 is 0 Å². The SMILES string of the molecule is C#CC(=O)N1CCC1C(N)=O. The molecule has 1 aliphatic heterocycles. The molecule has 58 valence electrons. The van der Waals surface area contributed by atoms with Gasteiger partial charge in [0.15, 0.2) is 0 Å². The Morgan fingerprint density at radius 1 is 1.64 bits per heavy atom. The molecule has 1 saturated heterocycles. The fourth-order valence-corrected chi connectivity index (χ4v) is 1.01. The second kappa shape index (κ2) is 2.62. The number of likely N-dealkylation sites (tertiary alicyclic amines) is 1. The van der Waals surface area contributed by atoms with E-state index in [2.05, 4.69) is 0 Å². The molecule has 1 aliphatic rings. The number of amides is 2. The van der Waals surface area contributed by atoms with Gasteiger partial charge in [0, 0.05) is 6.54 Å². The second-order valence-electron chi connectivity index (χ2n) is 2.35. The molecule has 2 amide bonds. The highest BCUT2D eigenvalue weighted by atomic mass is 16.2. The van der Waals surface area contributed by atoms with Crippen molar-refractivity contribution in [2.24, 2.45) is 5.73 Å². The van der Waals surface area contributed by atoms with Gasteiger partial charge in [-0.3, -0.25) is 9.59 Å². The lowest BCUT2D eigenvalue weighted by Crippen LogP contribution is -2.56. The molecule has 0 aromatic heterocycles. The Morgan fingerprint density at radius 2 is 2.27 bits per heavy atom. The van der Waals surface area contributed by atoms with Crippen molar-refractivity contribution < 1.29 is 9.59 Å². The maximum Gasteiger partial charge on any atom is 0.298 e. The summed E-state index contributed by atoms with van der Waals surface area (Å²) < 4.78 is 0. The summed E-state index contributed by atoms with van der Waals surface area (Å²) in [6.07, 6.45) is 5.48. The number of hydrogen-bond donors (Lipinski definition) is 1. The largest absolute Gasteiger partial charge is 0.368 e. The lowest BCUT2D eigenvalue weighted by molar-refractivity contribution is -0.141. The molecule has 1 atom stereocenters. The Bertz CT molecular complexity index is 241. The summed E-state index contributed by atoms with van der Waals surface area (Å²) in [6, 6.07) is -0.474. The Hall–Kier alpha value is -1.50. The minimum absolute atomic E-state index is 0.458. The van der Waals surface area contributed by atoms with E-state index in [9.17, 15) is 9.59 Å². The van der Waals surface area contributed by atoms with Crippen molar-refractivity contribution in [3.05, 3.63) is 0 Å². The molecule has 0 aromatic carbocycles. The fourth-order valence-electron chi connectivity index (χ4n) is 1.01. The van der Waals surface area contributed by atoms with Crippen molar-refractivity contribution in [2.45, 2.75) is 12.5 Å². The molecule has 1 rings (SSSR count). The molecule has 0 saturated carbocycles. The van der Waals surface area contributed by atoms with Gasteiger partial charge in [0.25, 0.3) is 5.91 Å². The van der Waals surface area contributed by atoms with Crippen molar-refractivity contribution >= 4 is 11.8 Å². The van der Waals surface area contributed by atoms with E-state index in [4.69, 9.17) is 12.2 Å². The van der Waals surface area contributed by atoms with Crippen LogP contribution in [-0.4, -0.2) is 29.3 Å². The molecule has 0 radical (unpaired) electrons. The van der Waals surface area contributed by atoms with Crippen molar-refractivity contribution in [1.82, 2.24) is 4.90 Å². The standard InChI is InChI=1S/C7H8N2O2/c1-2-6(10)9-4-3-5(9)7(8)11/h1,5H,3-4H2,(H2,8,11). The summed E-state index contributed by atoms with van der Waals surface area (Å²) in [5, 5.41) is 0. The van der Waals surface area contributed by atoms with E-state index < -0.39 is 17.9 Å². The van der Waals surface area contributed by atoms with E-state index in [1.165, 1.54) is 4.90 Å². The first kappa shape index (κ1) is 7.61. The van der Waals surface area contributed by atoms with Crippen LogP contribution in [0.15, 0.2) is 0 Å². The first-order valence-electron chi connectivity index (χ1n) is 3.23. The predicted molar refractivity (Wildman–Crippen MR) is 38.1 cm³/mol. The topological polar surface area (TPSA) is 63.4 Å². The van der Waals surface area contributed by atoms with Gasteiger partial charge >= 0.3 is 0 Å². The van der Waals surface area contributed by atoms with Crippen LogP contribution in [-0.2, 0) is 9.59 Å². The second-order valence-corrected chi connectivity index (χ2v) is 2.35. The summed E-state index contributed by atoms with van der Waals surface area (Å²) in [5.74, 6) is 0.986. The molecule has 0 bridgehead atoms. The zero-order valence-corrected chi connectivity index (χ0v) is 5.91. The minimum Gasteiger partial charge on any atom is -0.368 e. The van der Waals surface area contributed by atoms with E-state index in [0.717, 1.165) is 0 Å². The molecular weight excluding hydrogens is 144 g/mol. The fraction of sp³-hybridized carbons (Fsp3) is 0.429. The summed E-state index contributed by atoms with van der Waals surface area (Å²) >= 11 is 0. The van der Waals surface area contributed by atoms with Gasteiger partial charge in [-0.05, 0) is 12.3 Å². The van der Waals surface area contributed by atoms with Gasteiger partial charge in [0.1, 0.15) is 6.04 Å². The van der Waals surface area contributed by atoms with E-state index in [0.29, 0.717) is 13.0 Å². The number of primary amides is 1. The zero-order chi connectivity index (χ0) is 8.43. The average molecular weight is 152 g/mol. The molecule has 2 N–H and O–H groups in total. The number of rotatable bonds is 1. The molecular formula is C7H8N2O2. The molecule has 11 heavy (non-hydrogen) atoms. The van der Waals surface area contributed by atoms with Gasteiger partial charge in [-0.25, -0.2) is 0 Å². The normalized spacial score (nSPS) is 21.7. The van der Waals surface area contributed by atoms with Gasteiger partial charge < -0.3 is 10.6 Å². The monoisotopic (exact) mass is 152 g/mol. The number of nitrogens with zero attached hydrogens (tertiary/aromatic N) is 1. The number of carbonyl (C=O) groups is 2. The van der Waals surface area contributed by atoms with Crippen LogP contribution < -0.4 is 5.73 Å². The van der Waals surface area contributed by atoms with Crippen molar-refractivity contribution in [1.29, 1.82) is 0 Å². The van der Waals surface area contributed by atoms with Gasteiger partial charge in [0.2, 0.25) is 5.91 Å². The number of nitrogens with two attached hydrogens (primary N) is 1. The predicted octanol–water partition coefficient (Wildman–Crippen LogP) is -1.29. The summed E-state index contributed by atoms with van der Waals surface area (Å²) in [5.41, 5.74) is 4.98. The number of hydrogen-bond acceptors (Lipinski definition) is 2. The first-order chi connectivity index (χ1) is 5.16. The molecule has 1 fully saturated rings. The Labute approximate surface area is 64.3 Å². The quantitative estimate of drug-likeness (QED) is 0.475. The van der Waals surface area contributed by atoms with Crippen LogP contribution in [0.25, 0.3) is 0 Å². The minimum atomic E-state index is -0.486. The van der Waals surface area contributed by atoms with Crippen LogP contribution in [0.4, 0.5) is 0 Å². The summed E-state index contributed by atoms with van der Waals surface area (Å²) in [7, 11) is 0. The van der Waals surface area contributed by atoms with Crippen LogP contribution in [0.1, 0.15) is 6.42 Å². The Kier molecular flexibility index (Phi) is 1.81. The Balaban J connectivity index is 2.58. The number of carbonyl (C=O) groups excluding carboxylic acids is 2. The van der Waals surface area contributed by atoms with Gasteiger partial charge in [-0.1, -0.05) is 0 Å². The maximum atomic E-state index is 10.8. The maximum absolute atomic E-state index is 10.8. The molecule has 0 aromatic rings. The molecule has 4 heteroatoms. The molecule has 0 spiro atoms. The van der Waals surface area contributed by atoms with Crippen molar-refractivity contribution in [3.8, 4) is 12.3 Å². The van der Waals surface area contributed by atoms with Gasteiger partial charge in [-0.2, -0.15) is 0 Å². The Morgan fingerprint density at radius 3 is 2.55 bits per heavy atom. The lowest BCUT2D eigenvalue weighted by atomic mass is 10.0. The highest BCUT2D eigenvalue weighted by Gasteiger charge is 2.35. The van der Waals surface area contributed by atoms with Crippen LogP contribution in [0.5, 0.6) is 0 Å². The third kappa shape index (κ3) is 1.17. The average Bonchev–Trinajstić information content (AvgIpc) is 1.83. The van der Waals surface area contributed by atoms with Gasteiger partial charge in [0.05, 0.1) is 0 Å². The highest BCUT2D eigenvalue weighted by Crippen LogP contribution is 2.15. The van der Waals surface area contributed by atoms with Gasteiger partial charge in [-0.15, -0.1) is 6.42 Å². The molecule has 0 aliphatic carbocycles. The molecule has 1 unspecified atom stereocenters.